The van der Waals surface area contributed by atoms with Gasteiger partial charge in [-0.15, -0.1) is 0 Å². The molecule has 0 unspecified atom stereocenters. The average molecular weight is 239 g/mol. The van der Waals surface area contributed by atoms with Gasteiger partial charge >= 0.3 is 0 Å². The molecule has 0 bridgehead atoms. The topological polar surface area (TPSA) is 50.4 Å². The van der Waals surface area contributed by atoms with Crippen LogP contribution in [0.15, 0.2) is 23.2 Å². The van der Waals surface area contributed by atoms with Crippen molar-refractivity contribution in [2.75, 3.05) is 11.9 Å². The van der Waals surface area contributed by atoms with E-state index in [4.69, 9.17) is 5.73 Å². The lowest BCUT2D eigenvalue weighted by Crippen LogP contribution is -2.23. The van der Waals surface area contributed by atoms with Crippen molar-refractivity contribution in [1.29, 1.82) is 0 Å². The predicted molar refractivity (Wildman–Crippen MR) is 63.8 cm³/mol. The number of anilines is 1. The SMILES string of the molecule is NC(=NCCC1CC1)Nc1cc(F)ccc1F. The Morgan fingerprint density at radius 2 is 2.18 bits per heavy atom. The minimum Gasteiger partial charge on any atom is -0.370 e. The molecular formula is C12H15F2N3. The maximum atomic E-state index is 13.3. The molecule has 0 heterocycles. The molecule has 3 N–H and O–H groups in total. The summed E-state index contributed by atoms with van der Waals surface area (Å²) in [5, 5.41) is 2.56. The van der Waals surface area contributed by atoms with E-state index in [0.717, 1.165) is 30.5 Å². The molecular weight excluding hydrogens is 224 g/mol. The number of guanidine groups is 1. The summed E-state index contributed by atoms with van der Waals surface area (Å²) in [6.07, 6.45) is 3.54. The highest BCUT2D eigenvalue weighted by molar-refractivity contribution is 5.92. The molecule has 0 saturated heterocycles. The molecule has 3 nitrogen and oxygen atoms in total. The Morgan fingerprint density at radius 3 is 2.88 bits per heavy atom. The Kier molecular flexibility index (Phi) is 3.56. The Bertz CT molecular complexity index is 428. The number of aliphatic imine (C=N–C) groups is 1. The van der Waals surface area contributed by atoms with E-state index in [1.807, 2.05) is 0 Å². The van der Waals surface area contributed by atoms with Crippen LogP contribution in [0.1, 0.15) is 19.3 Å². The summed E-state index contributed by atoms with van der Waals surface area (Å²) in [6.45, 7) is 0.625. The van der Waals surface area contributed by atoms with Gasteiger partial charge in [-0.2, -0.15) is 0 Å². The van der Waals surface area contributed by atoms with E-state index in [2.05, 4.69) is 10.3 Å². The van der Waals surface area contributed by atoms with Crippen LogP contribution in [0.2, 0.25) is 0 Å². The quantitative estimate of drug-likeness (QED) is 0.626. The van der Waals surface area contributed by atoms with Gasteiger partial charge in [0.25, 0.3) is 0 Å². The minimum absolute atomic E-state index is 0.0117. The molecule has 1 aliphatic rings. The molecule has 0 spiro atoms. The maximum Gasteiger partial charge on any atom is 0.193 e. The smallest absolute Gasteiger partial charge is 0.193 e. The highest BCUT2D eigenvalue weighted by atomic mass is 19.1. The summed E-state index contributed by atoms with van der Waals surface area (Å²) in [4.78, 5) is 4.06. The Labute approximate surface area is 98.7 Å². The van der Waals surface area contributed by atoms with Crippen molar-refractivity contribution in [2.45, 2.75) is 19.3 Å². The third kappa shape index (κ3) is 3.69. The molecule has 1 aromatic carbocycles. The summed E-state index contributed by atoms with van der Waals surface area (Å²) in [6, 6.07) is 3.16. The van der Waals surface area contributed by atoms with E-state index < -0.39 is 11.6 Å². The normalized spacial score (nSPS) is 16.0. The summed E-state index contributed by atoms with van der Waals surface area (Å²) < 4.78 is 26.1. The van der Waals surface area contributed by atoms with Gasteiger partial charge in [-0.3, -0.25) is 4.99 Å². The zero-order chi connectivity index (χ0) is 12.3. The van der Waals surface area contributed by atoms with Gasteiger partial charge in [0, 0.05) is 12.6 Å². The van der Waals surface area contributed by atoms with Crippen LogP contribution in [0.5, 0.6) is 0 Å². The van der Waals surface area contributed by atoms with Gasteiger partial charge in [-0.05, 0) is 24.5 Å². The van der Waals surface area contributed by atoms with E-state index in [0.29, 0.717) is 6.54 Å². The Morgan fingerprint density at radius 1 is 1.41 bits per heavy atom. The molecule has 5 heteroatoms. The predicted octanol–water partition coefficient (Wildman–Crippen LogP) is 2.49. The molecule has 92 valence electrons. The molecule has 0 amide bonds. The van der Waals surface area contributed by atoms with E-state index in [1.54, 1.807) is 0 Å². The molecule has 0 atom stereocenters. The number of hydrogen-bond acceptors (Lipinski definition) is 1. The monoisotopic (exact) mass is 239 g/mol. The first kappa shape index (κ1) is 11.8. The second kappa shape index (κ2) is 5.12. The molecule has 0 aromatic heterocycles. The first-order valence-corrected chi connectivity index (χ1v) is 5.67. The Balaban J connectivity index is 1.91. The van der Waals surface area contributed by atoms with Gasteiger partial charge in [-0.1, -0.05) is 12.8 Å². The summed E-state index contributed by atoms with van der Waals surface area (Å²) >= 11 is 0. The number of nitrogens with one attached hydrogen (secondary N) is 1. The van der Waals surface area contributed by atoms with Gasteiger partial charge in [0.2, 0.25) is 0 Å². The molecule has 17 heavy (non-hydrogen) atoms. The fraction of sp³-hybridized carbons (Fsp3) is 0.417. The standard InChI is InChI=1S/C12H15F2N3/c13-9-3-4-10(14)11(7-9)17-12(15)16-6-5-8-1-2-8/h3-4,7-8H,1-2,5-6H2,(H3,15,16,17). The van der Waals surface area contributed by atoms with Crippen molar-refractivity contribution in [3.63, 3.8) is 0 Å². The zero-order valence-corrected chi connectivity index (χ0v) is 9.42. The molecule has 2 rings (SSSR count). The summed E-state index contributed by atoms with van der Waals surface area (Å²) in [7, 11) is 0. The van der Waals surface area contributed by atoms with Crippen molar-refractivity contribution >= 4 is 11.6 Å². The maximum absolute atomic E-state index is 13.3. The van der Waals surface area contributed by atoms with Crippen LogP contribution in [-0.2, 0) is 0 Å². The number of benzene rings is 1. The van der Waals surface area contributed by atoms with Crippen LogP contribution >= 0.6 is 0 Å². The first-order valence-electron chi connectivity index (χ1n) is 5.67. The third-order valence-corrected chi connectivity index (χ3v) is 2.71. The number of nitrogens with zero attached hydrogens (tertiary/aromatic N) is 1. The van der Waals surface area contributed by atoms with Crippen molar-refractivity contribution in [3.05, 3.63) is 29.8 Å². The number of hydrogen-bond donors (Lipinski definition) is 2. The van der Waals surface area contributed by atoms with Crippen LogP contribution in [0, 0.1) is 17.6 Å². The zero-order valence-electron chi connectivity index (χ0n) is 9.42. The fourth-order valence-electron chi connectivity index (χ4n) is 1.54. The molecule has 0 radical (unpaired) electrons. The van der Waals surface area contributed by atoms with Crippen molar-refractivity contribution in [2.24, 2.45) is 16.6 Å². The van der Waals surface area contributed by atoms with Crippen LogP contribution in [-0.4, -0.2) is 12.5 Å². The lowest BCUT2D eigenvalue weighted by atomic mass is 10.3. The van der Waals surface area contributed by atoms with E-state index >= 15 is 0 Å². The van der Waals surface area contributed by atoms with Crippen molar-refractivity contribution in [3.8, 4) is 0 Å². The highest BCUT2D eigenvalue weighted by Gasteiger charge is 2.20. The molecule has 1 aromatic rings. The second-order valence-corrected chi connectivity index (χ2v) is 4.25. The van der Waals surface area contributed by atoms with Gasteiger partial charge < -0.3 is 11.1 Å². The van der Waals surface area contributed by atoms with Crippen LogP contribution in [0.25, 0.3) is 0 Å². The summed E-state index contributed by atoms with van der Waals surface area (Å²) in [5.74, 6) is -0.168. The lowest BCUT2D eigenvalue weighted by molar-refractivity contribution is 0.604. The second-order valence-electron chi connectivity index (χ2n) is 4.25. The van der Waals surface area contributed by atoms with Gasteiger partial charge in [0.05, 0.1) is 5.69 Å². The van der Waals surface area contributed by atoms with E-state index in [9.17, 15) is 8.78 Å². The van der Waals surface area contributed by atoms with Gasteiger partial charge in [0.15, 0.2) is 5.96 Å². The fourth-order valence-corrected chi connectivity index (χ4v) is 1.54. The largest absolute Gasteiger partial charge is 0.370 e. The number of halogens is 2. The van der Waals surface area contributed by atoms with E-state index in [1.165, 1.54) is 12.8 Å². The lowest BCUT2D eigenvalue weighted by Gasteiger charge is -2.06. The van der Waals surface area contributed by atoms with Crippen LogP contribution in [0.4, 0.5) is 14.5 Å². The summed E-state index contributed by atoms with van der Waals surface area (Å²) in [5.41, 5.74) is 5.59. The Hall–Kier alpha value is -1.65. The molecule has 1 saturated carbocycles. The highest BCUT2D eigenvalue weighted by Crippen LogP contribution is 2.32. The molecule has 1 fully saturated rings. The number of nitrogens with two attached hydrogens (primary N) is 1. The third-order valence-electron chi connectivity index (χ3n) is 2.71. The van der Waals surface area contributed by atoms with E-state index in [-0.39, 0.29) is 11.6 Å². The van der Waals surface area contributed by atoms with Crippen molar-refractivity contribution < 1.29 is 8.78 Å². The van der Waals surface area contributed by atoms with Crippen LogP contribution < -0.4 is 11.1 Å². The van der Waals surface area contributed by atoms with Crippen molar-refractivity contribution in [1.82, 2.24) is 0 Å². The number of rotatable bonds is 4. The average Bonchev–Trinajstić information content (AvgIpc) is 3.07. The van der Waals surface area contributed by atoms with Gasteiger partial charge in [-0.25, -0.2) is 8.78 Å². The molecule has 0 aliphatic heterocycles. The first-order chi connectivity index (χ1) is 8.15. The van der Waals surface area contributed by atoms with Gasteiger partial charge in [0.1, 0.15) is 11.6 Å². The minimum atomic E-state index is -0.549. The van der Waals surface area contributed by atoms with Crippen LogP contribution in [0.3, 0.4) is 0 Å². The molecule has 1 aliphatic carbocycles.